The molecule has 2 unspecified atom stereocenters. The first-order valence-corrected chi connectivity index (χ1v) is 7.27. The summed E-state index contributed by atoms with van der Waals surface area (Å²) in [5.74, 6) is 0. The van der Waals surface area contributed by atoms with Crippen LogP contribution in [-0.4, -0.2) is 51.8 Å². The van der Waals surface area contributed by atoms with E-state index >= 15 is 0 Å². The van der Waals surface area contributed by atoms with Gasteiger partial charge in [0.1, 0.15) is 0 Å². The fourth-order valence-electron chi connectivity index (χ4n) is 1.45. The van der Waals surface area contributed by atoms with E-state index in [4.69, 9.17) is 0 Å². The summed E-state index contributed by atoms with van der Waals surface area (Å²) in [7, 11) is 0. The van der Waals surface area contributed by atoms with Gasteiger partial charge in [0.2, 0.25) is 0 Å². The van der Waals surface area contributed by atoms with Gasteiger partial charge in [0, 0.05) is 0 Å². The Labute approximate surface area is 120 Å². The van der Waals surface area contributed by atoms with Crippen molar-refractivity contribution in [2.24, 2.45) is 0 Å². The maximum atomic E-state index is 10.6. The Balaban J connectivity index is 2.73. The van der Waals surface area contributed by atoms with Crippen molar-refractivity contribution in [1.29, 1.82) is 0 Å². The Kier molecular flexibility index (Phi) is 5.75. The molecule has 2 atom stereocenters. The van der Waals surface area contributed by atoms with Gasteiger partial charge in [-0.25, -0.2) is 0 Å². The van der Waals surface area contributed by atoms with Crippen molar-refractivity contribution < 1.29 is 9.85 Å². The first kappa shape index (κ1) is 15.1. The molecule has 0 radical (unpaired) electrons. The van der Waals surface area contributed by atoms with Gasteiger partial charge < -0.3 is 0 Å². The maximum absolute atomic E-state index is 10.6. The van der Waals surface area contributed by atoms with E-state index in [1.165, 1.54) is 0 Å². The van der Waals surface area contributed by atoms with Crippen molar-refractivity contribution in [2.45, 2.75) is 22.7 Å². The van der Waals surface area contributed by atoms with E-state index in [2.05, 4.69) is 0 Å². The molecule has 0 fully saturated rings. The standard InChI is InChI=1S/C10H12N2O4Se2/c13-11(14)9(17)5-7-2-1-3-8(4-7)6-10(18)12(15)16/h1-4,9-10,17-18H,5-6H2. The third-order valence-corrected chi connectivity index (χ3v) is 3.87. The molecule has 6 nitrogen and oxygen atoms in total. The molecule has 98 valence electrons. The SMILES string of the molecule is O=[N+]([O-])C([SeH])Cc1cccc(CC([SeH])[N+](=O)[O-])c1. The van der Waals surface area contributed by atoms with Gasteiger partial charge in [0.05, 0.1) is 0 Å². The van der Waals surface area contributed by atoms with Gasteiger partial charge in [-0.2, -0.15) is 0 Å². The van der Waals surface area contributed by atoms with E-state index < -0.39 is 9.88 Å². The van der Waals surface area contributed by atoms with Crippen molar-refractivity contribution >= 4 is 32.0 Å². The van der Waals surface area contributed by atoms with Crippen LogP contribution in [-0.2, 0) is 12.8 Å². The van der Waals surface area contributed by atoms with Crippen LogP contribution in [0.1, 0.15) is 11.1 Å². The molecule has 0 spiro atoms. The molecule has 0 N–H and O–H groups in total. The predicted octanol–water partition coefficient (Wildman–Crippen LogP) is -0.221. The Morgan fingerprint density at radius 3 is 1.72 bits per heavy atom. The zero-order valence-corrected chi connectivity index (χ0v) is 13.1. The Bertz CT molecular complexity index is 418. The molecule has 0 heterocycles. The van der Waals surface area contributed by atoms with Crippen LogP contribution in [0.25, 0.3) is 0 Å². The second-order valence-electron chi connectivity index (χ2n) is 3.76. The van der Waals surface area contributed by atoms with Crippen LogP contribution >= 0.6 is 0 Å². The Morgan fingerprint density at radius 2 is 1.39 bits per heavy atom. The molecule has 0 amide bonds. The van der Waals surface area contributed by atoms with Crippen molar-refractivity contribution in [3.05, 3.63) is 55.6 Å². The summed E-state index contributed by atoms with van der Waals surface area (Å²) in [5, 5.41) is 21.1. The van der Waals surface area contributed by atoms with E-state index in [0.29, 0.717) is 12.8 Å². The molecule has 0 aromatic heterocycles. The summed E-state index contributed by atoms with van der Waals surface area (Å²) in [5.41, 5.74) is 1.63. The molecule has 1 rings (SSSR count). The predicted molar refractivity (Wildman–Crippen MR) is 69.7 cm³/mol. The number of nitrogens with zero attached hydrogens (tertiary/aromatic N) is 2. The first-order valence-electron chi connectivity index (χ1n) is 5.11. The van der Waals surface area contributed by atoms with E-state index in [1.54, 1.807) is 24.3 Å². The van der Waals surface area contributed by atoms with E-state index in [-0.39, 0.29) is 9.85 Å². The van der Waals surface area contributed by atoms with Gasteiger partial charge in [-0.3, -0.25) is 0 Å². The van der Waals surface area contributed by atoms with Gasteiger partial charge in [0.25, 0.3) is 0 Å². The van der Waals surface area contributed by atoms with Crippen molar-refractivity contribution in [1.82, 2.24) is 0 Å². The number of benzene rings is 1. The van der Waals surface area contributed by atoms with Gasteiger partial charge >= 0.3 is 120 Å². The van der Waals surface area contributed by atoms with Crippen molar-refractivity contribution in [2.75, 3.05) is 0 Å². The normalized spacial score (nSPS) is 13.9. The minimum atomic E-state index is -0.712. The quantitative estimate of drug-likeness (QED) is 0.387. The number of nitro groups is 2. The summed E-state index contributed by atoms with van der Waals surface area (Å²) in [6.07, 6.45) is 0.616. The third-order valence-electron chi connectivity index (χ3n) is 2.31. The topological polar surface area (TPSA) is 86.3 Å². The zero-order chi connectivity index (χ0) is 13.7. The average Bonchev–Trinajstić information content (AvgIpc) is 2.29. The van der Waals surface area contributed by atoms with Crippen molar-refractivity contribution in [3.63, 3.8) is 0 Å². The van der Waals surface area contributed by atoms with Crippen LogP contribution in [0.3, 0.4) is 0 Å². The molecular weight excluding hydrogens is 370 g/mol. The van der Waals surface area contributed by atoms with E-state index in [9.17, 15) is 20.2 Å². The van der Waals surface area contributed by atoms with Gasteiger partial charge in [0.15, 0.2) is 0 Å². The molecule has 18 heavy (non-hydrogen) atoms. The monoisotopic (exact) mass is 384 g/mol. The summed E-state index contributed by atoms with van der Waals surface area (Å²) in [4.78, 5) is 19.0. The number of hydrogen-bond acceptors (Lipinski definition) is 4. The number of rotatable bonds is 6. The zero-order valence-electron chi connectivity index (χ0n) is 9.30. The molecule has 0 aliphatic carbocycles. The molecular formula is C10H12N2O4Se2. The van der Waals surface area contributed by atoms with Gasteiger partial charge in [-0.05, 0) is 0 Å². The number of hydrogen-bond donors (Lipinski definition) is 0. The fraction of sp³-hybridized carbons (Fsp3) is 0.400. The molecule has 0 bridgehead atoms. The molecule has 8 heteroatoms. The molecule has 0 saturated heterocycles. The van der Waals surface area contributed by atoms with Crippen molar-refractivity contribution in [3.8, 4) is 0 Å². The Morgan fingerprint density at radius 1 is 1.00 bits per heavy atom. The summed E-state index contributed by atoms with van der Waals surface area (Å²) >= 11 is 4.04. The first-order chi connectivity index (χ1) is 8.40. The minimum absolute atomic E-state index is 0.308. The third kappa shape index (κ3) is 4.74. The van der Waals surface area contributed by atoms with Crippen LogP contribution in [0.2, 0.25) is 0 Å². The Hall–Kier alpha value is -0.941. The van der Waals surface area contributed by atoms with Crippen LogP contribution in [0, 0.1) is 20.2 Å². The molecule has 1 aromatic carbocycles. The second kappa shape index (κ2) is 6.85. The molecule has 0 aliphatic heterocycles. The second-order valence-corrected chi connectivity index (χ2v) is 6.26. The van der Waals surface area contributed by atoms with Gasteiger partial charge in [-0.15, -0.1) is 0 Å². The van der Waals surface area contributed by atoms with Gasteiger partial charge in [-0.1, -0.05) is 0 Å². The van der Waals surface area contributed by atoms with Crippen LogP contribution in [0.4, 0.5) is 0 Å². The van der Waals surface area contributed by atoms with E-state index in [1.807, 2.05) is 32.0 Å². The fourth-order valence-corrected chi connectivity index (χ4v) is 2.34. The summed E-state index contributed by atoms with van der Waals surface area (Å²) in [6.45, 7) is 0. The summed E-state index contributed by atoms with van der Waals surface area (Å²) < 4.78 is 0. The van der Waals surface area contributed by atoms with Crippen LogP contribution < -0.4 is 0 Å². The van der Waals surface area contributed by atoms with Crippen LogP contribution in [0.15, 0.2) is 24.3 Å². The molecule has 0 aliphatic rings. The summed E-state index contributed by atoms with van der Waals surface area (Å²) in [6, 6.07) is 7.13. The molecule has 1 aromatic rings. The average molecular weight is 382 g/mol. The molecule has 0 saturated carbocycles. The van der Waals surface area contributed by atoms with Crippen LogP contribution in [0.5, 0.6) is 0 Å². The van der Waals surface area contributed by atoms with E-state index in [0.717, 1.165) is 11.1 Å².